The number of benzene rings is 1. The highest BCUT2D eigenvalue weighted by molar-refractivity contribution is 5.99. The highest BCUT2D eigenvalue weighted by Gasteiger charge is 2.21. The molecule has 0 bridgehead atoms. The van der Waals surface area contributed by atoms with Gasteiger partial charge in [-0.2, -0.15) is 0 Å². The number of hydrogen-bond donors (Lipinski definition) is 0. The van der Waals surface area contributed by atoms with Crippen LogP contribution < -0.4 is 0 Å². The first kappa shape index (κ1) is 9.83. The van der Waals surface area contributed by atoms with Gasteiger partial charge in [0.25, 0.3) is 6.43 Å². The molecule has 2 nitrogen and oxygen atoms in total. The molecule has 0 saturated heterocycles. The maximum atomic E-state index is 12.7. The van der Waals surface area contributed by atoms with E-state index in [9.17, 15) is 13.6 Å². The fraction of sp³-hybridized carbons (Fsp3) is 0.182. The average molecular weight is 209 g/mol. The summed E-state index contributed by atoms with van der Waals surface area (Å²) in [4.78, 5) is 10.8. The SMILES string of the molecule is Cn1c(C(F)F)c(C=O)c2ccccc21. The van der Waals surface area contributed by atoms with Crippen LogP contribution in [0.4, 0.5) is 8.78 Å². The van der Waals surface area contributed by atoms with E-state index in [2.05, 4.69) is 0 Å². The Morgan fingerprint density at radius 1 is 1.33 bits per heavy atom. The van der Waals surface area contributed by atoms with E-state index in [0.29, 0.717) is 17.2 Å². The second kappa shape index (κ2) is 3.46. The minimum atomic E-state index is -2.64. The number of halogens is 2. The second-order valence-corrected chi connectivity index (χ2v) is 3.29. The van der Waals surface area contributed by atoms with Crippen LogP contribution in [0.15, 0.2) is 24.3 Å². The van der Waals surface area contributed by atoms with Crippen molar-refractivity contribution in [2.75, 3.05) is 0 Å². The Hall–Kier alpha value is -1.71. The summed E-state index contributed by atoms with van der Waals surface area (Å²) < 4.78 is 26.8. The molecule has 0 saturated carbocycles. The molecule has 0 amide bonds. The lowest BCUT2D eigenvalue weighted by Crippen LogP contribution is -1.98. The number of aldehydes is 1. The highest BCUT2D eigenvalue weighted by Crippen LogP contribution is 2.30. The third kappa shape index (κ3) is 1.33. The molecule has 0 aliphatic rings. The fourth-order valence-electron chi connectivity index (χ4n) is 1.83. The predicted molar refractivity (Wildman–Crippen MR) is 53.3 cm³/mol. The molecule has 0 N–H and O–H groups in total. The summed E-state index contributed by atoms with van der Waals surface area (Å²) >= 11 is 0. The van der Waals surface area contributed by atoms with Crippen LogP contribution in [0.2, 0.25) is 0 Å². The standard InChI is InChI=1S/C11H9F2NO/c1-14-9-5-3-2-4-7(9)8(6-15)10(14)11(12)13/h2-6,11H,1H3. The van der Waals surface area contributed by atoms with E-state index in [0.717, 1.165) is 0 Å². The van der Waals surface area contributed by atoms with Crippen LogP contribution in [0.25, 0.3) is 10.9 Å². The van der Waals surface area contributed by atoms with Crippen LogP contribution in [-0.2, 0) is 7.05 Å². The maximum absolute atomic E-state index is 12.7. The van der Waals surface area contributed by atoms with Crippen molar-refractivity contribution in [1.29, 1.82) is 0 Å². The number of hydrogen-bond acceptors (Lipinski definition) is 1. The zero-order chi connectivity index (χ0) is 11.0. The van der Waals surface area contributed by atoms with Crippen molar-refractivity contribution >= 4 is 17.2 Å². The summed E-state index contributed by atoms with van der Waals surface area (Å²) in [6.07, 6.45) is -2.15. The van der Waals surface area contributed by atoms with Gasteiger partial charge in [-0.15, -0.1) is 0 Å². The normalized spacial score (nSPS) is 11.2. The van der Waals surface area contributed by atoms with E-state index in [1.807, 2.05) is 0 Å². The Balaban J connectivity index is 2.90. The summed E-state index contributed by atoms with van der Waals surface area (Å²) in [7, 11) is 1.54. The molecule has 0 radical (unpaired) electrons. The summed E-state index contributed by atoms with van der Waals surface area (Å²) in [5, 5.41) is 0.574. The molecule has 0 unspecified atom stereocenters. The van der Waals surface area contributed by atoms with Gasteiger partial charge in [0, 0.05) is 23.5 Å². The van der Waals surface area contributed by atoms with Gasteiger partial charge in [-0.1, -0.05) is 18.2 Å². The van der Waals surface area contributed by atoms with E-state index in [1.165, 1.54) is 11.6 Å². The molecule has 0 fully saturated rings. The topological polar surface area (TPSA) is 22.0 Å². The van der Waals surface area contributed by atoms with Gasteiger partial charge >= 0.3 is 0 Å². The predicted octanol–water partition coefficient (Wildman–Crippen LogP) is 2.93. The van der Waals surface area contributed by atoms with Crippen molar-refractivity contribution in [1.82, 2.24) is 4.57 Å². The number of para-hydroxylation sites is 1. The van der Waals surface area contributed by atoms with Crippen molar-refractivity contribution in [2.45, 2.75) is 6.43 Å². The summed E-state index contributed by atoms with van der Waals surface area (Å²) in [5.74, 6) is 0. The van der Waals surface area contributed by atoms with Crippen molar-refractivity contribution in [3.63, 3.8) is 0 Å². The van der Waals surface area contributed by atoms with E-state index < -0.39 is 6.43 Å². The molecule has 1 aromatic heterocycles. The van der Waals surface area contributed by atoms with Crippen molar-refractivity contribution < 1.29 is 13.6 Å². The summed E-state index contributed by atoms with van der Waals surface area (Å²) in [6.45, 7) is 0. The molecule has 0 aliphatic carbocycles. The second-order valence-electron chi connectivity index (χ2n) is 3.29. The summed E-state index contributed by atoms with van der Waals surface area (Å²) in [5.41, 5.74) is 0.518. The molecular weight excluding hydrogens is 200 g/mol. The molecule has 2 rings (SSSR count). The molecular formula is C11H9F2NO. The lowest BCUT2D eigenvalue weighted by atomic mass is 10.1. The van der Waals surface area contributed by atoms with E-state index >= 15 is 0 Å². The smallest absolute Gasteiger partial charge is 0.279 e. The number of aromatic nitrogens is 1. The number of carbonyl (C=O) groups excluding carboxylic acids is 1. The van der Waals surface area contributed by atoms with Crippen LogP contribution in [0, 0.1) is 0 Å². The van der Waals surface area contributed by atoms with Crippen LogP contribution in [-0.4, -0.2) is 10.9 Å². The Morgan fingerprint density at radius 2 is 2.00 bits per heavy atom. The van der Waals surface area contributed by atoms with Crippen molar-refractivity contribution in [2.24, 2.45) is 7.05 Å². The average Bonchev–Trinajstić information content (AvgIpc) is 2.52. The van der Waals surface area contributed by atoms with Gasteiger partial charge < -0.3 is 4.57 Å². The third-order valence-electron chi connectivity index (χ3n) is 2.52. The Labute approximate surface area is 85.1 Å². The van der Waals surface area contributed by atoms with Crippen LogP contribution in [0.3, 0.4) is 0 Å². The van der Waals surface area contributed by atoms with Crippen LogP contribution in [0.1, 0.15) is 22.5 Å². The lowest BCUT2D eigenvalue weighted by Gasteiger charge is -2.02. The molecule has 0 atom stereocenters. The Kier molecular flexibility index (Phi) is 2.26. The molecule has 0 aliphatic heterocycles. The van der Waals surface area contributed by atoms with Gasteiger partial charge in [-0.05, 0) is 6.07 Å². The number of carbonyl (C=O) groups is 1. The van der Waals surface area contributed by atoms with Gasteiger partial charge in [0.15, 0.2) is 6.29 Å². The largest absolute Gasteiger partial charge is 0.342 e. The molecule has 1 heterocycles. The molecule has 1 aromatic carbocycles. The van der Waals surface area contributed by atoms with E-state index in [4.69, 9.17) is 0 Å². The van der Waals surface area contributed by atoms with Crippen LogP contribution >= 0.6 is 0 Å². The van der Waals surface area contributed by atoms with Gasteiger partial charge in [-0.3, -0.25) is 4.79 Å². The number of alkyl halides is 2. The fourth-order valence-corrected chi connectivity index (χ4v) is 1.83. The number of aryl methyl sites for hydroxylation is 1. The number of nitrogens with zero attached hydrogens (tertiary/aromatic N) is 1. The van der Waals surface area contributed by atoms with Crippen LogP contribution in [0.5, 0.6) is 0 Å². The quantitative estimate of drug-likeness (QED) is 0.697. The Morgan fingerprint density at radius 3 is 2.60 bits per heavy atom. The van der Waals surface area contributed by atoms with Gasteiger partial charge in [0.05, 0.1) is 5.69 Å². The number of rotatable bonds is 2. The number of fused-ring (bicyclic) bond motifs is 1. The molecule has 4 heteroatoms. The summed E-state index contributed by atoms with van der Waals surface area (Å²) in [6, 6.07) is 6.87. The zero-order valence-electron chi connectivity index (χ0n) is 8.08. The van der Waals surface area contributed by atoms with Crippen molar-refractivity contribution in [3.05, 3.63) is 35.5 Å². The van der Waals surface area contributed by atoms with E-state index in [1.54, 1.807) is 24.3 Å². The minimum Gasteiger partial charge on any atom is -0.342 e. The first-order valence-electron chi connectivity index (χ1n) is 4.47. The first-order valence-corrected chi connectivity index (χ1v) is 4.47. The third-order valence-corrected chi connectivity index (χ3v) is 2.52. The molecule has 0 spiro atoms. The van der Waals surface area contributed by atoms with Gasteiger partial charge in [-0.25, -0.2) is 8.78 Å². The molecule has 2 aromatic rings. The van der Waals surface area contributed by atoms with Gasteiger partial charge in [0.1, 0.15) is 0 Å². The monoisotopic (exact) mass is 209 g/mol. The maximum Gasteiger partial charge on any atom is 0.279 e. The molecule has 78 valence electrons. The highest BCUT2D eigenvalue weighted by atomic mass is 19.3. The molecule has 15 heavy (non-hydrogen) atoms. The lowest BCUT2D eigenvalue weighted by molar-refractivity contribution is 0.110. The zero-order valence-corrected chi connectivity index (χ0v) is 8.08. The van der Waals surface area contributed by atoms with E-state index in [-0.39, 0.29) is 11.3 Å². The Bertz CT molecular complexity index is 517. The van der Waals surface area contributed by atoms with Crippen molar-refractivity contribution in [3.8, 4) is 0 Å². The minimum absolute atomic E-state index is 0.0862. The van der Waals surface area contributed by atoms with Gasteiger partial charge in [0.2, 0.25) is 0 Å². The first-order chi connectivity index (χ1) is 7.16.